The number of phenolic OH excluding ortho intramolecular Hbond substituents is 2. The van der Waals surface area contributed by atoms with Crippen LogP contribution in [0.25, 0.3) is 11.0 Å². The van der Waals surface area contributed by atoms with E-state index in [2.05, 4.69) is 87.4 Å². The van der Waals surface area contributed by atoms with Crippen LogP contribution in [-0.4, -0.2) is 101 Å². The average Bonchev–Trinajstić information content (AvgIpc) is 3.59. The van der Waals surface area contributed by atoms with Gasteiger partial charge in [0.25, 0.3) is 6.47 Å². The molecule has 0 bridgehead atoms. The summed E-state index contributed by atoms with van der Waals surface area (Å²) in [5.41, 5.74) is 2.88. The fourth-order valence-electron chi connectivity index (χ4n) is 3.62. The number of methoxy groups -OCH3 is 3. The van der Waals surface area contributed by atoms with Crippen molar-refractivity contribution in [2.45, 2.75) is 20.8 Å². The van der Waals surface area contributed by atoms with Crippen LogP contribution in [0.1, 0.15) is 67.9 Å². The molecule has 1 heterocycles. The Balaban J connectivity index is -0.000000225. The van der Waals surface area contributed by atoms with Gasteiger partial charge in [0, 0.05) is 12.3 Å². The number of carbonyl (C=O) groups is 5. The van der Waals surface area contributed by atoms with Crippen molar-refractivity contribution in [1.29, 1.82) is 0 Å². The molecule has 0 amide bonds. The molecule has 328 valence electrons. The zero-order chi connectivity index (χ0) is 46.2. The molecule has 0 aliphatic heterocycles. The van der Waals surface area contributed by atoms with E-state index in [4.69, 9.17) is 25.7 Å². The third kappa shape index (κ3) is 23.5. The summed E-state index contributed by atoms with van der Waals surface area (Å²) in [5.74, 6) is 1.91. The first-order valence-electron chi connectivity index (χ1n) is 15.2. The van der Waals surface area contributed by atoms with E-state index in [1.807, 2.05) is 29.5 Å². The number of aryl methyl sites for hydroxylation is 1. The summed E-state index contributed by atoms with van der Waals surface area (Å²) in [4.78, 5) is 56.7. The topological polar surface area (TPSA) is 364 Å². The van der Waals surface area contributed by atoms with E-state index < -0.39 is 22.3 Å². The third-order valence-electron chi connectivity index (χ3n) is 6.18. The molecule has 4 aromatic rings. The maximum atomic E-state index is 11.3. The van der Waals surface area contributed by atoms with Crippen LogP contribution in [0.2, 0.25) is 0 Å². The van der Waals surface area contributed by atoms with E-state index >= 15 is 0 Å². The number of phenols is 2. The molecule has 3 aromatic carbocycles. The van der Waals surface area contributed by atoms with Crippen molar-refractivity contribution in [2.24, 2.45) is 11.1 Å². The molecule has 29 heteroatoms. The number of hydrogen-bond acceptors (Lipinski definition) is 21. The van der Waals surface area contributed by atoms with Crippen molar-refractivity contribution in [1.82, 2.24) is 5.16 Å². The summed E-state index contributed by atoms with van der Waals surface area (Å²) in [6, 6.07) is 8.87. The zero-order valence-electron chi connectivity index (χ0n) is 34.1. The Morgan fingerprint density at radius 1 is 0.885 bits per heavy atom. The Kier molecular flexibility index (Phi) is 36.9. The Morgan fingerprint density at radius 2 is 1.23 bits per heavy atom. The number of aromatic hydroxyl groups is 2. The second-order valence-corrected chi connectivity index (χ2v) is 13.4. The van der Waals surface area contributed by atoms with Gasteiger partial charge in [-0.15, -0.1) is 0 Å². The number of carbonyl (C=O) groups excluding carboxylic acids is 5. The minimum Gasteiger partial charge on any atom is -0.870 e. The van der Waals surface area contributed by atoms with E-state index in [9.17, 15) is 37.8 Å². The Labute approximate surface area is 422 Å². The monoisotopic (exact) mass is 1190 g/mol. The number of Topliss-reactive ketones (excluding diaryl/α,β-unsaturated/α-hetero) is 1. The van der Waals surface area contributed by atoms with E-state index in [0.717, 1.165) is 11.1 Å². The molecular weight excluding hydrogens is 1160 g/mol. The number of hydrogen-bond donors (Lipinski definition) is 5. The molecule has 22 nitrogen and oxygen atoms in total. The van der Waals surface area contributed by atoms with Gasteiger partial charge in [-0.25, -0.2) is 14.4 Å². The number of benzene rings is 3. The predicted molar refractivity (Wildman–Crippen MR) is 222 cm³/mol. The number of esters is 3. The Hall–Kier alpha value is -2.73. The maximum Gasteiger partial charge on any atom is 1.00 e. The first-order chi connectivity index (χ1) is 27.5. The quantitative estimate of drug-likeness (QED) is 0.0120. The van der Waals surface area contributed by atoms with Gasteiger partial charge in [-0.3, -0.25) is 14.1 Å². The molecule has 0 saturated heterocycles. The number of nitrogens with two attached hydrogens (primary N) is 1. The van der Waals surface area contributed by atoms with Crippen LogP contribution in [0.4, 0.5) is 0 Å². The van der Waals surface area contributed by atoms with Gasteiger partial charge in [-0.05, 0) is 110 Å². The third-order valence-corrected chi connectivity index (χ3v) is 8.22. The van der Waals surface area contributed by atoms with Gasteiger partial charge >= 0.3 is 76.7 Å². The maximum absolute atomic E-state index is 11.3. The number of fused-ring (bicyclic) bond motifs is 1. The average molecular weight is 1200 g/mol. The minimum atomic E-state index is -4.38. The standard InChI is InChI=1S/C10H10BrNO4.C10H8BrNO3.C10H9BrO4.CH3I.CH2O3.Li.H3NO4S.Na.H2O/c1-5(12-15)7-3-6(10(14)16-2)4-8(11)9(7)13;1-5-7-3-6(10(13)14-2)4-8(11)9(7)15-12-5;1-5(12)7-3-6(10(14)15-2)4-8(11)9(7)13;1-2;2-1-4-3;;1-5-6(2,3)4;;/h3-4,13,15H,1-2H3;3-4H,1-2H3;3-4,13H,1-2H3;1H3;1,3H;;1H2,(H,2,3,4);;1H2/q;;;;;+1;;+1;/p-2/b12-5+;;;;;;;;/i;;;1D;;;;;. The number of ketones is 1. The van der Waals surface area contributed by atoms with Gasteiger partial charge in [-0.1, -0.05) is 32.9 Å². The zero-order valence-corrected chi connectivity index (χ0v) is 42.8. The Bertz CT molecular complexity index is 2220. The smallest absolute Gasteiger partial charge is 0.870 e. The molecule has 1 aromatic heterocycles. The molecule has 0 unspecified atom stereocenters. The van der Waals surface area contributed by atoms with Gasteiger partial charge in [0.05, 0.1) is 68.4 Å². The van der Waals surface area contributed by atoms with Crippen molar-refractivity contribution in [3.8, 4) is 11.5 Å². The molecule has 0 saturated carbocycles. The largest absolute Gasteiger partial charge is 1.00 e. The summed E-state index contributed by atoms with van der Waals surface area (Å²) < 4.78 is 55.2. The number of halogens is 4. The first kappa shape index (κ1) is 64.9. The van der Waals surface area contributed by atoms with E-state index in [1.54, 1.807) is 12.1 Å². The Morgan fingerprint density at radius 3 is 1.56 bits per heavy atom. The van der Waals surface area contributed by atoms with E-state index in [-0.39, 0.29) is 116 Å². The van der Waals surface area contributed by atoms with Crippen LogP contribution in [0.15, 0.2) is 59.5 Å². The summed E-state index contributed by atoms with van der Waals surface area (Å²) in [7, 11) is -0.530. The summed E-state index contributed by atoms with van der Waals surface area (Å²) in [5, 5.41) is 43.9. The molecule has 4 rings (SSSR count). The summed E-state index contributed by atoms with van der Waals surface area (Å²) in [6.45, 7) is 4.45. The van der Waals surface area contributed by atoms with Gasteiger partial charge in [0.15, 0.2) is 11.4 Å². The first-order valence-corrected chi connectivity index (χ1v) is 19.8. The van der Waals surface area contributed by atoms with Crippen molar-refractivity contribution in [2.75, 3.05) is 26.2 Å². The fourth-order valence-corrected chi connectivity index (χ4v) is 5.07. The number of alkyl halides is 1. The molecule has 0 radical (unpaired) electrons. The molecule has 0 spiro atoms. The predicted octanol–water partition coefficient (Wildman–Crippen LogP) is -1.03. The van der Waals surface area contributed by atoms with Crippen molar-refractivity contribution in [3.63, 3.8) is 0 Å². The fraction of sp³-hybridized carbons (Fsp3) is 0.219. The molecule has 0 fully saturated rings. The summed E-state index contributed by atoms with van der Waals surface area (Å²) >= 11 is 11.4. The van der Waals surface area contributed by atoms with Crippen LogP contribution in [0, 0.1) is 6.92 Å². The van der Waals surface area contributed by atoms with Gasteiger partial charge in [-0.2, -0.15) is 18.6 Å². The van der Waals surface area contributed by atoms with Crippen molar-refractivity contribution >= 4 is 128 Å². The minimum absolute atomic E-state index is 0. The second-order valence-electron chi connectivity index (χ2n) is 9.74. The van der Waals surface area contributed by atoms with Gasteiger partial charge in [0.1, 0.15) is 11.5 Å². The number of rotatable bonds is 7. The molecule has 61 heavy (non-hydrogen) atoms. The number of ether oxygens (including phenoxy) is 3. The molecular formula is C32H35Br3ILiN3NaO19S. The summed E-state index contributed by atoms with van der Waals surface area (Å²) in [6.07, 6.45) is 0. The van der Waals surface area contributed by atoms with E-state index in [0.29, 0.717) is 25.0 Å². The van der Waals surface area contributed by atoms with Crippen LogP contribution in [0.3, 0.4) is 0 Å². The van der Waals surface area contributed by atoms with Crippen molar-refractivity contribution in [3.05, 3.63) is 83.3 Å². The van der Waals surface area contributed by atoms with Gasteiger partial charge in [0.2, 0.25) is 0 Å². The van der Waals surface area contributed by atoms with Crippen LogP contribution < -0.4 is 59.6 Å². The van der Waals surface area contributed by atoms with Crippen LogP contribution in [0.5, 0.6) is 11.5 Å². The number of nitrogens with zero attached hydrogens (tertiary/aromatic N) is 2. The van der Waals surface area contributed by atoms with Crippen LogP contribution in [-0.2, 0) is 38.6 Å². The molecule has 0 aliphatic carbocycles. The van der Waals surface area contributed by atoms with Crippen LogP contribution >= 0.6 is 70.4 Å². The number of aromatic nitrogens is 1. The SMILES string of the molecule is COC(=O)c1cc(Br)c(O)c(/C(C)=N/O)c1.COC(=O)c1cc(Br)c(O)c(C(C)=O)c1.COC(=O)c1cc(Br)c2onc(C)c2c1.NOS(=O)(=O)O.O=CO[O-].[2H]CI.[Li+].[Na+].[OH-]. The molecule has 0 aliphatic rings. The second kappa shape index (κ2) is 34.7. The normalized spacial score (nSPS) is 9.79. The van der Waals surface area contributed by atoms with E-state index in [1.165, 1.54) is 59.4 Å². The van der Waals surface area contributed by atoms with Gasteiger partial charge < -0.3 is 49.8 Å². The molecule has 0 atom stereocenters. The van der Waals surface area contributed by atoms with Crippen molar-refractivity contribution < 1.29 is 141 Å². The molecule has 7 N–H and O–H groups in total. The number of oxime groups is 1.